The van der Waals surface area contributed by atoms with Crippen molar-refractivity contribution in [3.8, 4) is 0 Å². The van der Waals surface area contributed by atoms with Crippen molar-refractivity contribution in [1.82, 2.24) is 0 Å². The van der Waals surface area contributed by atoms with E-state index in [1.165, 1.54) is 5.56 Å². The largest absolute Gasteiger partial charge is 0.397 e. The van der Waals surface area contributed by atoms with Crippen molar-refractivity contribution in [3.63, 3.8) is 0 Å². The lowest BCUT2D eigenvalue weighted by Crippen LogP contribution is -2.04. The Morgan fingerprint density at radius 2 is 1.88 bits per heavy atom. The summed E-state index contributed by atoms with van der Waals surface area (Å²) in [6.07, 6.45) is 0. The zero-order chi connectivity index (χ0) is 12.3. The van der Waals surface area contributed by atoms with Crippen LogP contribution in [0.15, 0.2) is 42.5 Å². The van der Waals surface area contributed by atoms with Gasteiger partial charge in [0.15, 0.2) is 0 Å². The Morgan fingerprint density at radius 1 is 1.12 bits per heavy atom. The molecule has 2 nitrogen and oxygen atoms in total. The van der Waals surface area contributed by atoms with Gasteiger partial charge in [0.1, 0.15) is 0 Å². The molecule has 2 rings (SSSR count). The number of hydrogen-bond donors (Lipinski definition) is 2. The highest BCUT2D eigenvalue weighted by atomic mass is 35.5. The molecule has 88 valence electrons. The van der Waals surface area contributed by atoms with Gasteiger partial charge in [-0.2, -0.15) is 0 Å². The molecule has 0 bridgehead atoms. The molecule has 17 heavy (non-hydrogen) atoms. The molecule has 2 aromatic rings. The van der Waals surface area contributed by atoms with Gasteiger partial charge in [-0.1, -0.05) is 41.9 Å². The lowest BCUT2D eigenvalue weighted by atomic mass is 10.1. The Bertz CT molecular complexity index is 523. The van der Waals surface area contributed by atoms with E-state index in [0.717, 1.165) is 11.3 Å². The molecular weight excluding hydrogens is 232 g/mol. The van der Waals surface area contributed by atoms with Gasteiger partial charge >= 0.3 is 0 Å². The van der Waals surface area contributed by atoms with Gasteiger partial charge in [-0.05, 0) is 30.2 Å². The maximum atomic E-state index is 5.97. The molecule has 0 aliphatic carbocycles. The van der Waals surface area contributed by atoms with Gasteiger partial charge in [0.25, 0.3) is 0 Å². The van der Waals surface area contributed by atoms with Crippen molar-refractivity contribution >= 4 is 23.0 Å². The first kappa shape index (κ1) is 11.8. The number of hydrogen-bond acceptors (Lipinski definition) is 2. The van der Waals surface area contributed by atoms with Crippen LogP contribution in [0.4, 0.5) is 11.4 Å². The number of nitrogens with one attached hydrogen (secondary N) is 1. The molecule has 0 aliphatic rings. The number of nitrogens with two attached hydrogens (primary N) is 1. The van der Waals surface area contributed by atoms with Crippen LogP contribution >= 0.6 is 11.6 Å². The van der Waals surface area contributed by atoms with Crippen LogP contribution in [0.25, 0.3) is 0 Å². The Labute approximate surface area is 106 Å². The highest BCUT2D eigenvalue weighted by Crippen LogP contribution is 2.23. The number of benzene rings is 2. The van der Waals surface area contributed by atoms with Crippen LogP contribution < -0.4 is 11.1 Å². The fourth-order valence-corrected chi connectivity index (χ4v) is 1.89. The second kappa shape index (κ2) is 5.11. The van der Waals surface area contributed by atoms with E-state index in [-0.39, 0.29) is 0 Å². The highest BCUT2D eigenvalue weighted by molar-refractivity contribution is 6.33. The Hall–Kier alpha value is -1.67. The van der Waals surface area contributed by atoms with Gasteiger partial charge in [0.2, 0.25) is 0 Å². The zero-order valence-electron chi connectivity index (χ0n) is 9.70. The Kier molecular flexibility index (Phi) is 3.55. The molecule has 0 aromatic heterocycles. The first-order valence-corrected chi connectivity index (χ1v) is 5.88. The van der Waals surface area contributed by atoms with Gasteiger partial charge in [0.05, 0.1) is 10.7 Å². The van der Waals surface area contributed by atoms with E-state index in [4.69, 9.17) is 17.3 Å². The summed E-state index contributed by atoms with van der Waals surface area (Å²) in [6.45, 7) is 2.75. The normalized spacial score (nSPS) is 10.2. The van der Waals surface area contributed by atoms with Crippen LogP contribution in [-0.2, 0) is 6.54 Å². The predicted molar refractivity (Wildman–Crippen MR) is 74.4 cm³/mol. The van der Waals surface area contributed by atoms with E-state index in [2.05, 4.69) is 24.4 Å². The van der Waals surface area contributed by atoms with Crippen molar-refractivity contribution < 1.29 is 0 Å². The van der Waals surface area contributed by atoms with Gasteiger partial charge in [-0.15, -0.1) is 0 Å². The van der Waals surface area contributed by atoms with Crippen molar-refractivity contribution in [2.45, 2.75) is 13.5 Å². The number of para-hydroxylation sites is 2. The lowest BCUT2D eigenvalue weighted by Gasteiger charge is -2.11. The van der Waals surface area contributed by atoms with Crippen molar-refractivity contribution in [2.24, 2.45) is 0 Å². The topological polar surface area (TPSA) is 38.0 Å². The van der Waals surface area contributed by atoms with Crippen LogP contribution in [0, 0.1) is 6.92 Å². The first-order chi connectivity index (χ1) is 8.18. The number of aryl methyl sites for hydroxylation is 1. The molecule has 0 radical (unpaired) electrons. The molecule has 0 saturated heterocycles. The molecule has 0 fully saturated rings. The summed E-state index contributed by atoms with van der Waals surface area (Å²) in [5.74, 6) is 0. The van der Waals surface area contributed by atoms with E-state index >= 15 is 0 Å². The molecule has 0 amide bonds. The summed E-state index contributed by atoms with van der Waals surface area (Å²) in [5, 5.41) is 3.96. The molecule has 0 saturated carbocycles. The number of rotatable bonds is 3. The average Bonchev–Trinajstić information content (AvgIpc) is 2.33. The standard InChI is InChI=1S/C14H15ClN2/c1-10-5-2-3-8-13(10)17-9-11-6-4-7-12(15)14(11)16/h2-8,17H,9,16H2,1H3. The second-order valence-corrected chi connectivity index (χ2v) is 4.39. The lowest BCUT2D eigenvalue weighted by molar-refractivity contribution is 1.14. The van der Waals surface area contributed by atoms with Crippen LogP contribution in [0.2, 0.25) is 5.02 Å². The second-order valence-electron chi connectivity index (χ2n) is 3.98. The molecular formula is C14H15ClN2. The van der Waals surface area contributed by atoms with E-state index < -0.39 is 0 Å². The van der Waals surface area contributed by atoms with E-state index in [1.54, 1.807) is 6.07 Å². The summed E-state index contributed by atoms with van der Waals surface area (Å²) in [6, 6.07) is 13.8. The van der Waals surface area contributed by atoms with Gasteiger partial charge in [-0.25, -0.2) is 0 Å². The fourth-order valence-electron chi connectivity index (χ4n) is 1.70. The third-order valence-corrected chi connectivity index (χ3v) is 3.09. The monoisotopic (exact) mass is 246 g/mol. The summed E-state index contributed by atoms with van der Waals surface area (Å²) in [5.41, 5.74) is 9.91. The van der Waals surface area contributed by atoms with Crippen LogP contribution in [0.1, 0.15) is 11.1 Å². The average molecular weight is 247 g/mol. The number of nitrogen functional groups attached to an aromatic ring is 1. The molecule has 3 heteroatoms. The zero-order valence-corrected chi connectivity index (χ0v) is 10.5. The molecule has 2 aromatic carbocycles. The van der Waals surface area contributed by atoms with Crippen LogP contribution in [0.5, 0.6) is 0 Å². The minimum atomic E-state index is 0.606. The minimum absolute atomic E-state index is 0.606. The number of halogens is 1. The molecule has 0 heterocycles. The quantitative estimate of drug-likeness (QED) is 0.808. The van der Waals surface area contributed by atoms with Crippen LogP contribution in [0.3, 0.4) is 0 Å². The molecule has 0 aliphatic heterocycles. The molecule has 3 N–H and O–H groups in total. The first-order valence-electron chi connectivity index (χ1n) is 5.51. The summed E-state index contributed by atoms with van der Waals surface area (Å²) in [7, 11) is 0. The molecule has 0 spiro atoms. The van der Waals surface area contributed by atoms with Crippen molar-refractivity contribution in [3.05, 3.63) is 58.6 Å². The highest BCUT2D eigenvalue weighted by Gasteiger charge is 2.03. The predicted octanol–water partition coefficient (Wildman–Crippen LogP) is 3.84. The Balaban J connectivity index is 2.13. The third-order valence-electron chi connectivity index (χ3n) is 2.76. The molecule has 0 atom stereocenters. The number of anilines is 2. The smallest absolute Gasteiger partial charge is 0.0638 e. The van der Waals surface area contributed by atoms with E-state index in [1.807, 2.05) is 24.3 Å². The summed E-state index contributed by atoms with van der Waals surface area (Å²) in [4.78, 5) is 0. The SMILES string of the molecule is Cc1ccccc1NCc1cccc(Cl)c1N. The molecule has 0 unspecified atom stereocenters. The summed E-state index contributed by atoms with van der Waals surface area (Å²) < 4.78 is 0. The van der Waals surface area contributed by atoms with E-state index in [9.17, 15) is 0 Å². The third kappa shape index (κ3) is 2.71. The summed E-state index contributed by atoms with van der Waals surface area (Å²) >= 11 is 5.97. The van der Waals surface area contributed by atoms with Crippen molar-refractivity contribution in [1.29, 1.82) is 0 Å². The van der Waals surface area contributed by atoms with Gasteiger partial charge in [0, 0.05) is 12.2 Å². The maximum absolute atomic E-state index is 5.97. The van der Waals surface area contributed by atoms with Crippen molar-refractivity contribution in [2.75, 3.05) is 11.1 Å². The van der Waals surface area contributed by atoms with Gasteiger partial charge in [-0.3, -0.25) is 0 Å². The Morgan fingerprint density at radius 3 is 2.65 bits per heavy atom. The minimum Gasteiger partial charge on any atom is -0.397 e. The van der Waals surface area contributed by atoms with Crippen LogP contribution in [-0.4, -0.2) is 0 Å². The van der Waals surface area contributed by atoms with E-state index in [0.29, 0.717) is 17.3 Å². The fraction of sp³-hybridized carbons (Fsp3) is 0.143. The maximum Gasteiger partial charge on any atom is 0.0638 e. The van der Waals surface area contributed by atoms with Gasteiger partial charge < -0.3 is 11.1 Å².